The first-order valence-electron chi connectivity index (χ1n) is 8.51. The molecule has 0 amide bonds. The highest BCUT2D eigenvalue weighted by Crippen LogP contribution is 2.36. The van der Waals surface area contributed by atoms with Gasteiger partial charge in [0.1, 0.15) is 5.82 Å². The smallest absolute Gasteiger partial charge is 0.298 e. The van der Waals surface area contributed by atoms with Crippen molar-refractivity contribution in [2.45, 2.75) is 6.92 Å². The molecule has 5 heteroatoms. The Hall–Kier alpha value is -3.47. The van der Waals surface area contributed by atoms with Crippen molar-refractivity contribution in [2.24, 2.45) is 0 Å². The predicted octanol–water partition coefficient (Wildman–Crippen LogP) is 4.51. The van der Waals surface area contributed by atoms with Crippen molar-refractivity contribution in [3.05, 3.63) is 88.6 Å². The SMILES string of the molecule is COc1c(-c2ccccn2)c2c(C)cccc2n(-c2ccc(F)cc2)c1=O. The molecule has 0 aliphatic heterocycles. The summed E-state index contributed by atoms with van der Waals surface area (Å²) in [5.41, 5.74) is 3.28. The molecule has 134 valence electrons. The number of hydrogen-bond acceptors (Lipinski definition) is 3. The topological polar surface area (TPSA) is 44.1 Å². The first kappa shape index (κ1) is 17.0. The molecule has 2 aromatic heterocycles. The van der Waals surface area contributed by atoms with Gasteiger partial charge in [-0.2, -0.15) is 0 Å². The highest BCUT2D eigenvalue weighted by molar-refractivity contribution is 5.99. The van der Waals surface area contributed by atoms with Crippen LogP contribution in [0.2, 0.25) is 0 Å². The highest BCUT2D eigenvalue weighted by atomic mass is 19.1. The maximum absolute atomic E-state index is 13.4. The zero-order chi connectivity index (χ0) is 19.0. The summed E-state index contributed by atoms with van der Waals surface area (Å²) in [5.74, 6) is -0.149. The second-order valence-electron chi connectivity index (χ2n) is 6.21. The van der Waals surface area contributed by atoms with Gasteiger partial charge < -0.3 is 4.74 Å². The standard InChI is InChI=1S/C22H17FN2O2/c1-14-6-5-8-18-19(14)20(17-7-3-4-13-24-17)21(27-2)22(26)25(18)16-11-9-15(23)10-12-16/h3-13H,1-2H3. The van der Waals surface area contributed by atoms with Gasteiger partial charge in [0.2, 0.25) is 0 Å². The van der Waals surface area contributed by atoms with Gasteiger partial charge in [-0.05, 0) is 55.0 Å². The summed E-state index contributed by atoms with van der Waals surface area (Å²) in [4.78, 5) is 17.7. The van der Waals surface area contributed by atoms with Crippen LogP contribution in [-0.4, -0.2) is 16.7 Å². The van der Waals surface area contributed by atoms with Gasteiger partial charge in [0.15, 0.2) is 5.75 Å². The number of fused-ring (bicyclic) bond motifs is 1. The zero-order valence-electron chi connectivity index (χ0n) is 14.9. The van der Waals surface area contributed by atoms with Crippen LogP contribution in [0.1, 0.15) is 5.56 Å². The van der Waals surface area contributed by atoms with Gasteiger partial charge in [-0.1, -0.05) is 18.2 Å². The fourth-order valence-corrected chi connectivity index (χ4v) is 3.39. The number of aromatic nitrogens is 2. The minimum atomic E-state index is -0.357. The molecule has 0 radical (unpaired) electrons. The Kier molecular flexibility index (Phi) is 4.20. The molecule has 4 aromatic rings. The Bertz CT molecular complexity index is 1180. The minimum Gasteiger partial charge on any atom is -0.491 e. The Morgan fingerprint density at radius 3 is 2.44 bits per heavy atom. The number of nitrogens with zero attached hydrogens (tertiary/aromatic N) is 2. The number of halogens is 1. The lowest BCUT2D eigenvalue weighted by Gasteiger charge is -2.18. The van der Waals surface area contributed by atoms with Gasteiger partial charge in [-0.15, -0.1) is 0 Å². The third-order valence-electron chi connectivity index (χ3n) is 4.58. The summed E-state index contributed by atoms with van der Waals surface area (Å²) in [5, 5.41) is 0.872. The van der Waals surface area contributed by atoms with Crippen LogP contribution in [-0.2, 0) is 0 Å². The van der Waals surface area contributed by atoms with Crippen LogP contribution in [0.3, 0.4) is 0 Å². The number of benzene rings is 2. The summed E-state index contributed by atoms with van der Waals surface area (Å²) >= 11 is 0. The number of aryl methyl sites for hydroxylation is 1. The Labute approximate surface area is 155 Å². The molecule has 2 aromatic carbocycles. The van der Waals surface area contributed by atoms with Gasteiger partial charge in [0.05, 0.1) is 23.9 Å². The fourth-order valence-electron chi connectivity index (χ4n) is 3.39. The molecule has 2 heterocycles. The van der Waals surface area contributed by atoms with Crippen LogP contribution in [0.15, 0.2) is 71.7 Å². The van der Waals surface area contributed by atoms with Crippen LogP contribution in [0, 0.1) is 12.7 Å². The summed E-state index contributed by atoms with van der Waals surface area (Å²) in [7, 11) is 1.47. The number of ether oxygens (including phenoxy) is 1. The summed E-state index contributed by atoms with van der Waals surface area (Å²) < 4.78 is 20.5. The zero-order valence-corrected chi connectivity index (χ0v) is 14.9. The van der Waals surface area contributed by atoms with Gasteiger partial charge >= 0.3 is 0 Å². The molecule has 0 atom stereocenters. The molecule has 4 rings (SSSR count). The molecular weight excluding hydrogens is 343 g/mol. The molecule has 0 fully saturated rings. The van der Waals surface area contributed by atoms with E-state index in [-0.39, 0.29) is 17.1 Å². The van der Waals surface area contributed by atoms with E-state index in [9.17, 15) is 9.18 Å². The van der Waals surface area contributed by atoms with E-state index in [1.807, 2.05) is 43.3 Å². The lowest BCUT2D eigenvalue weighted by molar-refractivity contribution is 0.409. The summed E-state index contributed by atoms with van der Waals surface area (Å²) in [6.07, 6.45) is 1.68. The van der Waals surface area contributed by atoms with Crippen molar-refractivity contribution in [1.82, 2.24) is 9.55 Å². The molecule has 0 bridgehead atoms. The highest BCUT2D eigenvalue weighted by Gasteiger charge is 2.21. The molecular formula is C22H17FN2O2. The number of methoxy groups -OCH3 is 1. The van der Waals surface area contributed by atoms with E-state index in [1.54, 1.807) is 22.9 Å². The van der Waals surface area contributed by atoms with Crippen molar-refractivity contribution < 1.29 is 9.13 Å². The monoisotopic (exact) mass is 360 g/mol. The van der Waals surface area contributed by atoms with Crippen LogP contribution < -0.4 is 10.3 Å². The van der Waals surface area contributed by atoms with E-state index >= 15 is 0 Å². The largest absolute Gasteiger partial charge is 0.491 e. The van der Waals surface area contributed by atoms with E-state index < -0.39 is 0 Å². The Morgan fingerprint density at radius 2 is 1.78 bits per heavy atom. The van der Waals surface area contributed by atoms with E-state index in [2.05, 4.69) is 4.98 Å². The van der Waals surface area contributed by atoms with Gasteiger partial charge in [-0.25, -0.2) is 4.39 Å². The van der Waals surface area contributed by atoms with Crippen molar-refractivity contribution in [2.75, 3.05) is 7.11 Å². The van der Waals surface area contributed by atoms with Crippen molar-refractivity contribution in [3.8, 4) is 22.7 Å². The van der Waals surface area contributed by atoms with E-state index in [1.165, 1.54) is 19.2 Å². The third-order valence-corrected chi connectivity index (χ3v) is 4.58. The summed E-state index contributed by atoms with van der Waals surface area (Å²) in [6.45, 7) is 1.98. The quantitative estimate of drug-likeness (QED) is 0.540. The fraction of sp³-hybridized carbons (Fsp3) is 0.0909. The molecule has 0 aliphatic carbocycles. The average molecular weight is 360 g/mol. The van der Waals surface area contributed by atoms with E-state index in [0.29, 0.717) is 22.5 Å². The van der Waals surface area contributed by atoms with Crippen LogP contribution in [0.4, 0.5) is 4.39 Å². The Morgan fingerprint density at radius 1 is 1.00 bits per heavy atom. The maximum Gasteiger partial charge on any atom is 0.298 e. The lowest BCUT2D eigenvalue weighted by Crippen LogP contribution is -2.22. The van der Waals surface area contributed by atoms with Gasteiger partial charge in [0, 0.05) is 17.3 Å². The van der Waals surface area contributed by atoms with Crippen molar-refractivity contribution >= 4 is 10.9 Å². The molecule has 0 saturated heterocycles. The lowest BCUT2D eigenvalue weighted by atomic mass is 9.99. The van der Waals surface area contributed by atoms with E-state index in [4.69, 9.17) is 4.74 Å². The number of pyridine rings is 2. The molecule has 0 unspecified atom stereocenters. The van der Waals surface area contributed by atoms with Gasteiger partial charge in [0.25, 0.3) is 5.56 Å². The number of hydrogen-bond donors (Lipinski definition) is 0. The van der Waals surface area contributed by atoms with Crippen LogP contribution in [0.25, 0.3) is 27.8 Å². The third kappa shape index (κ3) is 2.77. The van der Waals surface area contributed by atoms with Gasteiger partial charge in [-0.3, -0.25) is 14.3 Å². The van der Waals surface area contributed by atoms with E-state index in [0.717, 1.165) is 10.9 Å². The Balaban J connectivity index is 2.20. The number of rotatable bonds is 3. The first-order chi connectivity index (χ1) is 13.1. The first-order valence-corrected chi connectivity index (χ1v) is 8.51. The molecule has 0 saturated carbocycles. The summed E-state index contributed by atoms with van der Waals surface area (Å²) in [6, 6.07) is 17.1. The van der Waals surface area contributed by atoms with Crippen LogP contribution in [0.5, 0.6) is 5.75 Å². The van der Waals surface area contributed by atoms with Crippen molar-refractivity contribution in [1.29, 1.82) is 0 Å². The maximum atomic E-state index is 13.4. The molecule has 27 heavy (non-hydrogen) atoms. The second kappa shape index (κ2) is 6.68. The molecule has 0 aliphatic rings. The molecule has 0 N–H and O–H groups in total. The van der Waals surface area contributed by atoms with Crippen molar-refractivity contribution in [3.63, 3.8) is 0 Å². The molecule has 0 spiro atoms. The molecule has 4 nitrogen and oxygen atoms in total. The normalized spacial score (nSPS) is 10.9. The second-order valence-corrected chi connectivity index (χ2v) is 6.21. The average Bonchev–Trinajstić information content (AvgIpc) is 2.69. The predicted molar refractivity (Wildman–Crippen MR) is 104 cm³/mol. The minimum absolute atomic E-state index is 0.208. The van der Waals surface area contributed by atoms with Crippen LogP contribution >= 0.6 is 0 Å².